The summed E-state index contributed by atoms with van der Waals surface area (Å²) in [5.41, 5.74) is 1.70. The lowest BCUT2D eigenvalue weighted by Crippen LogP contribution is -2.44. The molecule has 0 spiro atoms. The molecule has 4 aliphatic rings. The van der Waals surface area contributed by atoms with Crippen molar-refractivity contribution in [2.24, 2.45) is 5.92 Å². The van der Waals surface area contributed by atoms with Crippen LogP contribution in [0, 0.1) is 18.7 Å². The Morgan fingerprint density at radius 1 is 0.921 bits per heavy atom. The molecule has 0 unspecified atom stereocenters. The minimum atomic E-state index is -2.07. The first-order chi connectivity index (χ1) is 36.4. The Labute approximate surface area is 434 Å². The second kappa shape index (κ2) is 23.3. The number of rotatable bonds is 24. The number of nitrogens with one attached hydrogen (secondary N) is 4. The van der Waals surface area contributed by atoms with Crippen molar-refractivity contribution in [1.29, 1.82) is 0 Å². The van der Waals surface area contributed by atoms with Gasteiger partial charge in [-0.2, -0.15) is 0 Å². The third-order valence-electron chi connectivity index (χ3n) is 14.3. The monoisotopic (exact) mass is 1050 g/mol. The number of carboxylic acid groups (broad SMARTS) is 1. The molecule has 0 fully saturated rings. The number of imide groups is 1. The molecule has 76 heavy (non-hydrogen) atoms. The maximum absolute atomic E-state index is 15.5. The number of unbranched alkanes of at least 4 members (excludes halogenated alkanes) is 2. The van der Waals surface area contributed by atoms with Crippen LogP contribution >= 0.6 is 0 Å². The van der Waals surface area contributed by atoms with Crippen molar-refractivity contribution in [2.45, 2.75) is 109 Å². The van der Waals surface area contributed by atoms with Crippen molar-refractivity contribution in [3.05, 3.63) is 110 Å². The molecule has 4 atom stereocenters. The highest BCUT2D eigenvalue weighted by atomic mass is 19.1. The summed E-state index contributed by atoms with van der Waals surface area (Å²) in [4.78, 5) is 134. The number of aliphatic carboxylic acids is 1. The molecular weight excluding hydrogens is 990 g/mol. The number of esters is 1. The van der Waals surface area contributed by atoms with E-state index in [9.17, 15) is 58.2 Å². The molecule has 0 bridgehead atoms. The van der Waals surface area contributed by atoms with Gasteiger partial charge >= 0.3 is 11.9 Å². The number of fused-ring (bicyclic) bond motifs is 5. The van der Waals surface area contributed by atoms with E-state index in [0.29, 0.717) is 76.6 Å². The van der Waals surface area contributed by atoms with Crippen LogP contribution < -0.4 is 26.8 Å². The first-order valence-electron chi connectivity index (χ1n) is 25.2. The molecule has 2 aromatic heterocycles. The number of amides is 6. The molecule has 6 amide bonds. The van der Waals surface area contributed by atoms with E-state index in [0.717, 1.165) is 10.5 Å². The largest absolute Gasteiger partial charge is 0.481 e. The van der Waals surface area contributed by atoms with Gasteiger partial charge in [-0.15, -0.1) is 0 Å². The molecule has 3 aliphatic heterocycles. The summed E-state index contributed by atoms with van der Waals surface area (Å²) in [6, 6.07) is 10.1. The van der Waals surface area contributed by atoms with Crippen molar-refractivity contribution >= 4 is 64.1 Å². The number of Topliss-reactive ketones (excluding diaryl/α,β-unsaturated/α-hetero) is 1. The van der Waals surface area contributed by atoms with E-state index < -0.39 is 114 Å². The number of ether oxygens (including phenoxy) is 2. The first kappa shape index (κ1) is 54.3. The van der Waals surface area contributed by atoms with Gasteiger partial charge in [-0.05, 0) is 73.8 Å². The maximum Gasteiger partial charge on any atom is 0.343 e. The Balaban J connectivity index is 0.866. The number of aryl methyl sites for hydroxylation is 1. The molecule has 4 aromatic rings. The van der Waals surface area contributed by atoms with Crippen LogP contribution in [-0.4, -0.2) is 117 Å². The third-order valence-corrected chi connectivity index (χ3v) is 14.3. The fourth-order valence-electron chi connectivity index (χ4n) is 10.3. The molecule has 400 valence electrons. The molecular formula is C54H58FN7O14. The van der Waals surface area contributed by atoms with Crippen molar-refractivity contribution in [2.75, 3.05) is 32.8 Å². The van der Waals surface area contributed by atoms with Crippen molar-refractivity contribution in [3.8, 4) is 11.4 Å². The number of nitrogens with zero attached hydrogens (tertiary/aromatic N) is 3. The van der Waals surface area contributed by atoms with E-state index >= 15 is 4.39 Å². The number of carboxylic acids is 1. The number of pyridine rings is 2. The highest BCUT2D eigenvalue weighted by Crippen LogP contribution is 2.46. The number of ketones is 1. The van der Waals surface area contributed by atoms with E-state index in [4.69, 9.17) is 14.5 Å². The van der Waals surface area contributed by atoms with Crippen LogP contribution in [0.3, 0.4) is 0 Å². The second-order valence-corrected chi connectivity index (χ2v) is 19.4. The van der Waals surface area contributed by atoms with Gasteiger partial charge < -0.3 is 45.5 Å². The predicted molar refractivity (Wildman–Crippen MR) is 267 cm³/mol. The predicted octanol–water partition coefficient (Wildman–Crippen LogP) is 2.14. The Morgan fingerprint density at radius 3 is 2.39 bits per heavy atom. The summed E-state index contributed by atoms with van der Waals surface area (Å²) in [7, 11) is 0. The van der Waals surface area contributed by atoms with Crippen LogP contribution in [-0.2, 0) is 84.2 Å². The number of aromatic nitrogens is 2. The Bertz CT molecular complexity index is 3120. The first-order valence-corrected chi connectivity index (χ1v) is 25.2. The van der Waals surface area contributed by atoms with E-state index in [2.05, 4.69) is 21.3 Å². The van der Waals surface area contributed by atoms with Gasteiger partial charge in [0.15, 0.2) is 11.4 Å². The average Bonchev–Trinajstić information content (AvgIpc) is 4.03. The molecule has 2 aromatic carbocycles. The smallest absolute Gasteiger partial charge is 0.343 e. The number of carbonyl (C=O) groups is 9. The summed E-state index contributed by atoms with van der Waals surface area (Å²) < 4.78 is 27.6. The average molecular weight is 1050 g/mol. The zero-order valence-electron chi connectivity index (χ0n) is 42.0. The molecule has 22 heteroatoms. The van der Waals surface area contributed by atoms with Crippen molar-refractivity contribution in [1.82, 2.24) is 35.7 Å². The van der Waals surface area contributed by atoms with Crippen molar-refractivity contribution in [3.63, 3.8) is 0 Å². The van der Waals surface area contributed by atoms with Crippen LogP contribution in [0.2, 0.25) is 0 Å². The zero-order chi connectivity index (χ0) is 54.4. The summed E-state index contributed by atoms with van der Waals surface area (Å²) in [6.07, 6.45) is 3.80. The van der Waals surface area contributed by atoms with E-state index in [-0.39, 0.29) is 63.1 Å². The number of aliphatic hydroxyl groups is 1. The normalized spacial score (nSPS) is 17.8. The van der Waals surface area contributed by atoms with Gasteiger partial charge in [0.05, 0.1) is 67.2 Å². The van der Waals surface area contributed by atoms with Crippen LogP contribution in [0.15, 0.2) is 59.4 Å². The van der Waals surface area contributed by atoms with Crippen LogP contribution in [0.5, 0.6) is 0 Å². The number of hydrogen-bond acceptors (Lipinski definition) is 14. The summed E-state index contributed by atoms with van der Waals surface area (Å²) in [5, 5.41) is 32.1. The molecule has 21 nitrogen and oxygen atoms in total. The van der Waals surface area contributed by atoms with E-state index in [1.165, 1.54) is 22.8 Å². The van der Waals surface area contributed by atoms with Gasteiger partial charge in [0, 0.05) is 60.0 Å². The standard InChI is InChI=1S/C54H58FN7O14/c1-3-54(74)37-21-41-50-35(25-62(41)52(72)36(37)27-76-53(54)73)49-39(14-13-34-29(2)38(55)22-40(60-50)48(34)49)59-43(65)24-57-51(71)31(18-30-10-6-4-7-11-30)19-33(63)23-56-44(66)28-75-26-32(20-47(69)70)58-42(64)12-8-5-9-17-61-45(67)15-16-46(61)68/h4,6-7,10-11,15-16,21-22,31-32,39,74H,3,5,8-9,12-14,17-20,23-28H2,1-2H3,(H,56,66)(H,57,71)(H,58,64)(H,59,65)(H,69,70)/t31-,32+,39+,54+/m1/s1. The SMILES string of the molecule is CC[C@@]1(O)C(=O)OCc2c1cc1n(c2=O)Cc2c-1nc1cc(F)c(C)c3c1c2[C@@H](NC(=O)CNC(=O)[C@@H](CC(=O)CNC(=O)COC[C@H](CC(=O)O)NC(=O)CCCCCN1C(=O)C=CC1=O)Cc1ccccc1)CC3. The zero-order valence-corrected chi connectivity index (χ0v) is 42.0. The van der Waals surface area contributed by atoms with E-state index in [1.807, 2.05) is 0 Å². The Kier molecular flexibility index (Phi) is 16.6. The fourth-order valence-corrected chi connectivity index (χ4v) is 10.3. The minimum absolute atomic E-state index is 0.0284. The second-order valence-electron chi connectivity index (χ2n) is 19.4. The topological polar surface area (TPSA) is 299 Å². The van der Waals surface area contributed by atoms with Gasteiger partial charge in [0.1, 0.15) is 19.0 Å². The van der Waals surface area contributed by atoms with Crippen LogP contribution in [0.1, 0.15) is 103 Å². The lowest BCUT2D eigenvalue weighted by atomic mass is 9.81. The number of hydrogen-bond donors (Lipinski definition) is 6. The Hall–Kier alpha value is -7.98. The quantitative estimate of drug-likeness (QED) is 0.0293. The van der Waals surface area contributed by atoms with Crippen LogP contribution in [0.25, 0.3) is 22.3 Å². The lowest BCUT2D eigenvalue weighted by Gasteiger charge is -2.31. The molecule has 0 saturated heterocycles. The number of benzene rings is 2. The molecule has 5 heterocycles. The minimum Gasteiger partial charge on any atom is -0.481 e. The molecule has 8 rings (SSSR count). The fraction of sp³-hybridized carbons (Fsp3) is 0.426. The summed E-state index contributed by atoms with van der Waals surface area (Å²) in [5.74, 6) is -7.19. The maximum atomic E-state index is 15.5. The Morgan fingerprint density at radius 2 is 1.67 bits per heavy atom. The van der Waals surface area contributed by atoms with E-state index in [1.54, 1.807) is 50.2 Å². The van der Waals surface area contributed by atoms with Gasteiger partial charge in [-0.25, -0.2) is 14.2 Å². The summed E-state index contributed by atoms with van der Waals surface area (Å²) in [6.45, 7) is 1.30. The molecule has 0 radical (unpaired) electrons. The van der Waals surface area contributed by atoms with Gasteiger partial charge in [-0.1, -0.05) is 43.7 Å². The molecule has 6 N–H and O–H groups in total. The van der Waals surface area contributed by atoms with Crippen molar-refractivity contribution < 1.29 is 67.2 Å². The van der Waals surface area contributed by atoms with Crippen LogP contribution in [0.4, 0.5) is 4.39 Å². The third kappa shape index (κ3) is 11.8. The number of cyclic esters (lactones) is 1. The lowest BCUT2D eigenvalue weighted by molar-refractivity contribution is -0.172. The summed E-state index contributed by atoms with van der Waals surface area (Å²) >= 11 is 0. The number of halogens is 1. The molecule has 0 saturated carbocycles. The highest BCUT2D eigenvalue weighted by molar-refractivity contribution is 6.12. The number of carbonyl (C=O) groups excluding carboxylic acids is 8. The van der Waals surface area contributed by atoms with Gasteiger partial charge in [-0.3, -0.25) is 48.1 Å². The molecule has 1 aliphatic carbocycles. The van der Waals surface area contributed by atoms with Gasteiger partial charge in [0.2, 0.25) is 23.6 Å². The van der Waals surface area contributed by atoms with Gasteiger partial charge in [0.25, 0.3) is 17.4 Å². The highest BCUT2D eigenvalue weighted by Gasteiger charge is 2.46.